The van der Waals surface area contributed by atoms with Crippen LogP contribution < -0.4 is 31.8 Å². The van der Waals surface area contributed by atoms with Crippen LogP contribution in [0.25, 0.3) is 11.6 Å². The van der Waals surface area contributed by atoms with Crippen molar-refractivity contribution in [3.05, 3.63) is 47.3 Å². The molecule has 2 unspecified atom stereocenters. The summed E-state index contributed by atoms with van der Waals surface area (Å²) >= 11 is 9.29. The molecule has 4 aliphatic rings. The minimum absolute atomic E-state index is 0. The van der Waals surface area contributed by atoms with Gasteiger partial charge in [0.25, 0.3) is 0 Å². The molecule has 271 valence electrons. The van der Waals surface area contributed by atoms with E-state index in [4.69, 9.17) is 31.3 Å². The molecule has 6 atom stereocenters. The molecule has 8 N–H and O–H groups in total. The Bertz CT molecular complexity index is 1310. The molecule has 2 aromatic heterocycles. The zero-order valence-electron chi connectivity index (χ0n) is 26.6. The van der Waals surface area contributed by atoms with Crippen LogP contribution in [0.2, 0.25) is 0 Å². The number of nitrogens with zero attached hydrogens (tertiary/aromatic N) is 4. The maximum absolute atomic E-state index is 9.99. The number of hydrogen-bond donors (Lipinski definition) is 6. The van der Waals surface area contributed by atoms with E-state index < -0.39 is 8.25 Å². The van der Waals surface area contributed by atoms with E-state index in [0.29, 0.717) is 32.9 Å². The third-order valence-corrected chi connectivity index (χ3v) is 8.01. The van der Waals surface area contributed by atoms with E-state index in [0.717, 1.165) is 80.9 Å². The number of aliphatic hydroxyl groups is 2. The Morgan fingerprint density at radius 1 is 1.02 bits per heavy atom. The van der Waals surface area contributed by atoms with Crippen LogP contribution in [0.5, 0.6) is 0 Å². The van der Waals surface area contributed by atoms with Crippen LogP contribution in [0.1, 0.15) is 50.6 Å². The van der Waals surface area contributed by atoms with Crippen molar-refractivity contribution in [2.45, 2.75) is 51.7 Å². The number of hydrogen-bond acceptors (Lipinski definition) is 13. The summed E-state index contributed by atoms with van der Waals surface area (Å²) < 4.78 is 12.5. The van der Waals surface area contributed by atoms with E-state index in [1.165, 1.54) is 25.6 Å². The van der Waals surface area contributed by atoms with Gasteiger partial charge in [0.15, 0.2) is 0 Å². The molecule has 48 heavy (non-hydrogen) atoms. The predicted molar refractivity (Wildman–Crippen MR) is 217 cm³/mol. The van der Waals surface area contributed by atoms with Gasteiger partial charge in [-0.15, -0.1) is 0 Å². The number of fused-ring (bicyclic) bond motifs is 2. The molecule has 2 aliphatic carbocycles. The van der Waals surface area contributed by atoms with Crippen LogP contribution in [0.4, 0.5) is 11.6 Å². The van der Waals surface area contributed by atoms with Crippen molar-refractivity contribution in [2.24, 2.45) is 11.8 Å². The van der Waals surface area contributed by atoms with Crippen molar-refractivity contribution in [2.75, 3.05) is 46.6 Å². The van der Waals surface area contributed by atoms with Gasteiger partial charge in [0.05, 0.1) is 26.5 Å². The molecule has 0 radical (unpaired) electrons. The molecule has 0 bridgehead atoms. The first kappa shape index (κ1) is 46.6. The maximum atomic E-state index is 9.99. The summed E-state index contributed by atoms with van der Waals surface area (Å²) in [5.41, 5.74) is 16.8. The van der Waals surface area contributed by atoms with Crippen molar-refractivity contribution in [3.8, 4) is 0 Å². The number of β-amino-alcohol motifs (C(OH)–C–C–N with tert-alkyl or cyclic N) is 1. The number of nitrogens with one attached hydrogen (secondary N) is 2. The zero-order valence-corrected chi connectivity index (χ0v) is 37.6. The Morgan fingerprint density at radius 2 is 1.60 bits per heavy atom. The Hall–Kier alpha value is 0.564. The molecule has 4 heterocycles. The summed E-state index contributed by atoms with van der Waals surface area (Å²) in [6, 6.07) is 0. The Balaban J connectivity index is 0.000000650. The molecule has 6 rings (SSSR count). The summed E-state index contributed by atoms with van der Waals surface area (Å²) in [6.07, 6.45) is 12.9. The molecular formula is C28H45I4N8O6PV. The van der Waals surface area contributed by atoms with E-state index in [9.17, 15) is 5.11 Å². The fourth-order valence-corrected chi connectivity index (χ4v) is 5.48. The van der Waals surface area contributed by atoms with E-state index in [2.05, 4.69) is 135 Å². The Kier molecular flexibility index (Phi) is 26.4. The first-order chi connectivity index (χ1) is 23.0. The van der Waals surface area contributed by atoms with Gasteiger partial charge >= 0.3 is 57.7 Å². The zero-order chi connectivity index (χ0) is 36.1. The van der Waals surface area contributed by atoms with E-state index >= 15 is 0 Å². The first-order valence-electron chi connectivity index (χ1n) is 14.9. The summed E-state index contributed by atoms with van der Waals surface area (Å²) in [5.74, 6) is 2.15. The standard InChI is InChI=1S/C14H20N4O.C7H7N3.C6H13NO.CH2I2.2HI.HO4P.V.H2/c1-2-9-5-18(7-12(9)19)6-10-3-4-11-13(10)16-8-17-14(11)15;8-7-5-2-1-3-6(5)9-4-10-7;1-2-5-3-7-4-6(5)8;2-1-3;;;1-4-5(2)3;;/h3,8-9,12,19H,2,4-7H2,1H3,(H2,15,16,17);1,3-4H,2H2,(H2,8,9,10);5-8H,2-4H2,1H3;1H2;2*1H;1H;;1H/q;;;;;;;+2;/p-2/t9-,12-;;5-,6-;;;;;;/m0.0....../s1. The number of halogens is 4. The third kappa shape index (κ3) is 16.9. The second-order valence-corrected chi connectivity index (χ2v) is 27.5. The van der Waals surface area contributed by atoms with Gasteiger partial charge in [-0.25, -0.2) is 24.6 Å². The summed E-state index contributed by atoms with van der Waals surface area (Å²) in [6.45, 7) is 8.86. The average molecular weight is 1180 g/mol. The second kappa shape index (κ2) is 27.2. The van der Waals surface area contributed by atoms with Crippen LogP contribution in [0.3, 0.4) is 0 Å². The fourth-order valence-electron chi connectivity index (χ4n) is 5.48. The number of aliphatic hydroxyl groups excluding tert-OH is 2. The predicted octanol–water partition coefficient (Wildman–Crippen LogP) is 2.01. The fraction of sp³-hybridized carbons (Fsp3) is 0.571. The third-order valence-electron chi connectivity index (χ3n) is 7.89. The number of quaternary nitrogens is 1. The van der Waals surface area contributed by atoms with Crippen LogP contribution in [0.15, 0.2) is 24.8 Å². The van der Waals surface area contributed by atoms with Crippen molar-refractivity contribution in [1.29, 1.82) is 0 Å². The van der Waals surface area contributed by atoms with Crippen LogP contribution in [-0.4, -0.2) is 77.5 Å². The first-order valence-corrected chi connectivity index (χ1v) is 28.1. The van der Waals surface area contributed by atoms with Gasteiger partial charge in [-0.1, -0.05) is 71.2 Å². The Labute approximate surface area is 341 Å². The number of nitrogens with two attached hydrogens (primary N) is 2. The van der Waals surface area contributed by atoms with E-state index in [1.807, 2.05) is 12.2 Å². The van der Waals surface area contributed by atoms with Gasteiger partial charge in [-0.2, -0.15) is 0 Å². The van der Waals surface area contributed by atoms with Crippen molar-refractivity contribution in [1.82, 2.24) is 25.3 Å². The normalized spacial score (nSPS) is 22.7. The molecule has 2 aliphatic heterocycles. The van der Waals surface area contributed by atoms with Crippen LogP contribution >= 0.6 is 93.4 Å². The number of likely N-dealkylation sites (tertiary alicyclic amines) is 1. The molecule has 2 fully saturated rings. The number of rotatable bonds is 5. The minimum atomic E-state index is -3.15. The van der Waals surface area contributed by atoms with E-state index in [1.54, 1.807) is 0 Å². The molecule has 20 heteroatoms. The number of nitrogen functional groups attached to an aromatic ring is 2. The molecule has 0 aromatic carbocycles. The van der Waals surface area contributed by atoms with Crippen molar-refractivity contribution >= 4 is 117 Å². The van der Waals surface area contributed by atoms with Gasteiger partial charge in [0.2, 0.25) is 0 Å². The number of alkyl halides is 2. The average Bonchev–Trinajstić information content (AvgIpc) is 3.87. The van der Waals surface area contributed by atoms with E-state index in [-0.39, 0.29) is 13.6 Å². The molecular weight excluding hydrogens is 1130 g/mol. The van der Waals surface area contributed by atoms with Gasteiger partial charge < -0.3 is 42.0 Å². The van der Waals surface area contributed by atoms with Gasteiger partial charge in [-0.05, 0) is 42.2 Å². The molecule has 0 saturated carbocycles. The second-order valence-electron chi connectivity index (χ2n) is 10.7. The van der Waals surface area contributed by atoms with Crippen molar-refractivity contribution in [3.63, 3.8) is 0 Å². The molecule has 2 aromatic rings. The van der Waals surface area contributed by atoms with Gasteiger partial charge in [-0.3, -0.25) is 0 Å². The number of anilines is 2. The number of aromatic nitrogens is 4. The molecule has 0 spiro atoms. The van der Waals surface area contributed by atoms with Gasteiger partial charge in [0, 0.05) is 37.1 Å². The molecule has 14 nitrogen and oxygen atoms in total. The van der Waals surface area contributed by atoms with Crippen molar-refractivity contribution < 1.29 is 45.4 Å². The molecule has 0 amide bonds. The number of allylic oxidation sites excluding steroid dienone is 2. The quantitative estimate of drug-likeness (QED) is 0.0829. The topological polar surface area (TPSA) is 233 Å². The Morgan fingerprint density at radius 3 is 2.08 bits per heavy atom. The summed E-state index contributed by atoms with van der Waals surface area (Å²) in [5, 5.41) is 30.8. The summed E-state index contributed by atoms with van der Waals surface area (Å²) in [4.78, 5) is 26.6. The monoisotopic (exact) mass is 1180 g/mol. The van der Waals surface area contributed by atoms with Gasteiger partial charge in [0.1, 0.15) is 43.5 Å². The van der Waals surface area contributed by atoms with Crippen LogP contribution in [-0.2, 0) is 31.5 Å². The van der Waals surface area contributed by atoms with Crippen LogP contribution in [0, 0.1) is 11.8 Å². The molecule has 2 saturated heterocycles. The summed E-state index contributed by atoms with van der Waals surface area (Å²) in [7, 11) is -2.53. The SMILES string of the molecule is CC[C@H]1CNC[C@@H]1O.CC[C@H]1C[NH+](CC2=CCc3c(N)ncnc32)C[C@@H]1O.ICI.Nc1ncnc2c1CC=C2.O=[P+]([O-])O[O-].[HH].[I][V][I].